The summed E-state index contributed by atoms with van der Waals surface area (Å²) in [7, 11) is 0. The van der Waals surface area contributed by atoms with E-state index in [1.165, 1.54) is 20.9 Å². The Morgan fingerprint density at radius 3 is 1.71 bits per heavy atom. The minimum atomic E-state index is 0.691. The van der Waals surface area contributed by atoms with Gasteiger partial charge >= 0.3 is 0 Å². The Hall–Kier alpha value is -5.78. The fraction of sp³-hybridized carbons (Fsp3) is 0. The molecule has 0 fully saturated rings. The SMILES string of the molecule is c1ccc(-c2nc(-c3ccc(-c4nc(-c5ccccc5)c5sc6ccc7ccccc7c6c5n4)cc3)nc3ccccc23)cc1. The van der Waals surface area contributed by atoms with Gasteiger partial charge in [-0.1, -0.05) is 133 Å². The van der Waals surface area contributed by atoms with Crippen molar-refractivity contribution in [2.24, 2.45) is 0 Å². The van der Waals surface area contributed by atoms with Gasteiger partial charge < -0.3 is 0 Å². The summed E-state index contributed by atoms with van der Waals surface area (Å²) in [6, 6.07) is 50.1. The van der Waals surface area contributed by atoms with Crippen molar-refractivity contribution < 1.29 is 0 Å². The molecular formula is C40H24N4S. The summed E-state index contributed by atoms with van der Waals surface area (Å²) < 4.78 is 2.32. The number of hydrogen-bond acceptors (Lipinski definition) is 5. The lowest BCUT2D eigenvalue weighted by molar-refractivity contribution is 1.22. The van der Waals surface area contributed by atoms with Crippen LogP contribution in [0.4, 0.5) is 0 Å². The van der Waals surface area contributed by atoms with Gasteiger partial charge in [0.15, 0.2) is 11.6 Å². The van der Waals surface area contributed by atoms with E-state index in [2.05, 4.69) is 103 Å². The summed E-state index contributed by atoms with van der Waals surface area (Å²) >= 11 is 1.76. The maximum Gasteiger partial charge on any atom is 0.160 e. The van der Waals surface area contributed by atoms with E-state index in [1.807, 2.05) is 42.5 Å². The van der Waals surface area contributed by atoms with E-state index in [9.17, 15) is 0 Å². The molecule has 0 spiro atoms. The molecule has 3 heterocycles. The first-order valence-electron chi connectivity index (χ1n) is 14.9. The van der Waals surface area contributed by atoms with Gasteiger partial charge in [-0.05, 0) is 22.9 Å². The standard InChI is InChI=1S/C40H24N4S/c1-3-12-26(13-4-1)35-31-17-9-10-18-32(31)41-39(42-35)28-19-21-29(22-20-28)40-43-36(27-14-5-2-6-15-27)38-37(44-40)34-30-16-8-7-11-25(30)23-24-33(34)45-38/h1-24H. The van der Waals surface area contributed by atoms with Gasteiger partial charge in [0.05, 0.1) is 27.1 Å². The number of fused-ring (bicyclic) bond motifs is 6. The van der Waals surface area contributed by atoms with E-state index in [1.54, 1.807) is 11.3 Å². The van der Waals surface area contributed by atoms with Crippen LogP contribution in [0, 0.1) is 0 Å². The highest BCUT2D eigenvalue weighted by Crippen LogP contribution is 2.42. The van der Waals surface area contributed by atoms with Crippen molar-refractivity contribution in [1.82, 2.24) is 19.9 Å². The molecule has 0 N–H and O–H groups in total. The lowest BCUT2D eigenvalue weighted by atomic mass is 10.0. The normalized spacial score (nSPS) is 11.6. The summed E-state index contributed by atoms with van der Waals surface area (Å²) in [5, 5.41) is 4.64. The number of benzene rings is 6. The van der Waals surface area contributed by atoms with Crippen LogP contribution in [0.3, 0.4) is 0 Å². The maximum absolute atomic E-state index is 5.24. The van der Waals surface area contributed by atoms with E-state index in [0.29, 0.717) is 11.6 Å². The van der Waals surface area contributed by atoms with Crippen molar-refractivity contribution in [3.05, 3.63) is 146 Å². The van der Waals surface area contributed by atoms with Crippen LogP contribution in [0.2, 0.25) is 0 Å². The molecule has 0 unspecified atom stereocenters. The highest BCUT2D eigenvalue weighted by molar-refractivity contribution is 7.26. The number of aromatic nitrogens is 4. The summed E-state index contributed by atoms with van der Waals surface area (Å²) in [5.74, 6) is 1.39. The largest absolute Gasteiger partial charge is 0.228 e. The van der Waals surface area contributed by atoms with E-state index in [-0.39, 0.29) is 0 Å². The molecule has 6 aromatic carbocycles. The summed E-state index contributed by atoms with van der Waals surface area (Å²) in [5.41, 5.74) is 7.83. The summed E-state index contributed by atoms with van der Waals surface area (Å²) in [4.78, 5) is 20.4. The van der Waals surface area contributed by atoms with E-state index < -0.39 is 0 Å². The third kappa shape index (κ3) is 4.36. The van der Waals surface area contributed by atoms with Crippen LogP contribution in [0.1, 0.15) is 0 Å². The minimum absolute atomic E-state index is 0.691. The predicted octanol–water partition coefficient (Wildman–Crippen LogP) is 10.6. The Balaban J connectivity index is 1.22. The van der Waals surface area contributed by atoms with Crippen LogP contribution in [-0.2, 0) is 0 Å². The van der Waals surface area contributed by atoms with E-state index in [0.717, 1.165) is 54.8 Å². The summed E-state index contributed by atoms with van der Waals surface area (Å²) in [6.07, 6.45) is 0. The van der Waals surface area contributed by atoms with Gasteiger partial charge in [0, 0.05) is 37.7 Å². The Kier molecular flexibility index (Phi) is 5.96. The predicted molar refractivity (Wildman–Crippen MR) is 187 cm³/mol. The van der Waals surface area contributed by atoms with Crippen LogP contribution in [-0.4, -0.2) is 19.9 Å². The molecule has 0 bridgehead atoms. The molecule has 5 heteroatoms. The molecule has 0 atom stereocenters. The minimum Gasteiger partial charge on any atom is -0.228 e. The number of nitrogens with zero attached hydrogens (tertiary/aromatic N) is 4. The molecule has 4 nitrogen and oxygen atoms in total. The highest BCUT2D eigenvalue weighted by Gasteiger charge is 2.18. The Labute approximate surface area is 263 Å². The van der Waals surface area contributed by atoms with Crippen molar-refractivity contribution >= 4 is 53.3 Å². The topological polar surface area (TPSA) is 51.6 Å². The maximum atomic E-state index is 5.24. The van der Waals surface area contributed by atoms with Crippen molar-refractivity contribution in [2.75, 3.05) is 0 Å². The van der Waals surface area contributed by atoms with Crippen molar-refractivity contribution in [3.8, 4) is 45.3 Å². The Bertz CT molecular complexity index is 2520. The average Bonchev–Trinajstić information content (AvgIpc) is 3.51. The van der Waals surface area contributed by atoms with Gasteiger partial charge in [-0.2, -0.15) is 0 Å². The van der Waals surface area contributed by atoms with Crippen LogP contribution >= 0.6 is 11.3 Å². The summed E-state index contributed by atoms with van der Waals surface area (Å²) in [6.45, 7) is 0. The number of hydrogen-bond donors (Lipinski definition) is 0. The van der Waals surface area contributed by atoms with Crippen molar-refractivity contribution in [2.45, 2.75) is 0 Å². The molecule has 3 aromatic heterocycles. The van der Waals surface area contributed by atoms with Crippen LogP contribution < -0.4 is 0 Å². The second kappa shape index (κ2) is 10.4. The quantitative estimate of drug-likeness (QED) is 0.204. The fourth-order valence-electron chi connectivity index (χ4n) is 6.12. The molecule has 0 aliphatic carbocycles. The van der Waals surface area contributed by atoms with Crippen LogP contribution in [0.15, 0.2) is 146 Å². The van der Waals surface area contributed by atoms with Crippen molar-refractivity contribution in [3.63, 3.8) is 0 Å². The molecule has 0 aliphatic heterocycles. The molecule has 0 aliphatic rings. The first kappa shape index (κ1) is 25.7. The zero-order valence-corrected chi connectivity index (χ0v) is 24.9. The van der Waals surface area contributed by atoms with Gasteiger partial charge in [0.1, 0.15) is 0 Å². The lowest BCUT2D eigenvalue weighted by Crippen LogP contribution is -1.96. The van der Waals surface area contributed by atoms with Gasteiger partial charge in [-0.25, -0.2) is 19.9 Å². The van der Waals surface area contributed by atoms with Gasteiger partial charge in [-0.15, -0.1) is 11.3 Å². The first-order valence-corrected chi connectivity index (χ1v) is 15.7. The monoisotopic (exact) mass is 592 g/mol. The molecule has 9 aromatic rings. The zero-order valence-electron chi connectivity index (χ0n) is 24.1. The van der Waals surface area contributed by atoms with Gasteiger partial charge in [0.25, 0.3) is 0 Å². The second-order valence-corrected chi connectivity index (χ2v) is 12.1. The molecular weight excluding hydrogens is 569 g/mol. The highest BCUT2D eigenvalue weighted by atomic mass is 32.1. The molecule has 9 rings (SSSR count). The number of rotatable bonds is 4. The Morgan fingerprint density at radius 2 is 0.978 bits per heavy atom. The van der Waals surface area contributed by atoms with Crippen LogP contribution in [0.25, 0.3) is 87.3 Å². The van der Waals surface area contributed by atoms with Crippen LogP contribution in [0.5, 0.6) is 0 Å². The number of para-hydroxylation sites is 1. The molecule has 45 heavy (non-hydrogen) atoms. The third-order valence-corrected chi connectivity index (χ3v) is 9.46. The first-order chi connectivity index (χ1) is 22.3. The second-order valence-electron chi connectivity index (χ2n) is 11.1. The third-order valence-electron chi connectivity index (χ3n) is 8.30. The molecule has 0 saturated heterocycles. The number of thiophene rings is 1. The van der Waals surface area contributed by atoms with Crippen molar-refractivity contribution in [1.29, 1.82) is 0 Å². The zero-order chi connectivity index (χ0) is 29.7. The lowest BCUT2D eigenvalue weighted by Gasteiger charge is -2.10. The Morgan fingerprint density at radius 1 is 0.400 bits per heavy atom. The van der Waals surface area contributed by atoms with E-state index >= 15 is 0 Å². The molecule has 0 amide bonds. The average molecular weight is 593 g/mol. The molecule has 0 radical (unpaired) electrons. The van der Waals surface area contributed by atoms with Gasteiger partial charge in [0.2, 0.25) is 0 Å². The fourth-order valence-corrected chi connectivity index (χ4v) is 7.29. The van der Waals surface area contributed by atoms with E-state index in [4.69, 9.17) is 19.9 Å². The molecule has 0 saturated carbocycles. The molecule has 210 valence electrons. The van der Waals surface area contributed by atoms with Gasteiger partial charge in [-0.3, -0.25) is 0 Å². The smallest absolute Gasteiger partial charge is 0.160 e.